The minimum atomic E-state index is 0.0952. The van der Waals surface area contributed by atoms with Gasteiger partial charge in [-0.15, -0.1) is 0 Å². The van der Waals surface area contributed by atoms with E-state index in [1.54, 1.807) is 6.20 Å². The highest BCUT2D eigenvalue weighted by Gasteiger charge is 2.33. The molecule has 2 aromatic rings. The number of hydrogen-bond acceptors (Lipinski definition) is 5. The lowest BCUT2D eigenvalue weighted by atomic mass is 9.84. The summed E-state index contributed by atoms with van der Waals surface area (Å²) in [6.07, 6.45) is 8.29. The van der Waals surface area contributed by atoms with Gasteiger partial charge in [0.15, 0.2) is 5.65 Å². The molecule has 2 aromatic heterocycles. The molecule has 0 saturated carbocycles. The van der Waals surface area contributed by atoms with Crippen LogP contribution in [0.15, 0.2) is 24.8 Å². The van der Waals surface area contributed by atoms with Crippen LogP contribution >= 0.6 is 0 Å². The number of amides is 1. The molecule has 0 spiro atoms. The number of hydrogen-bond donors (Lipinski definition) is 2. The molecule has 0 unspecified atom stereocenters. The Hall–Kier alpha value is -2.44. The molecule has 1 saturated heterocycles. The summed E-state index contributed by atoms with van der Waals surface area (Å²) >= 11 is 0. The van der Waals surface area contributed by atoms with Crippen molar-refractivity contribution in [1.82, 2.24) is 30.2 Å². The smallest absolute Gasteiger partial charge is 0.222 e. The predicted octanol–water partition coefficient (Wildman–Crippen LogP) is 2.57. The largest absolute Gasteiger partial charge is 0.383 e. The summed E-state index contributed by atoms with van der Waals surface area (Å²) < 4.78 is 0. The number of likely N-dealkylation sites (tertiary alicyclic amines) is 1. The van der Waals surface area contributed by atoms with Gasteiger partial charge in [0.25, 0.3) is 0 Å². The molecule has 0 radical (unpaired) electrons. The molecule has 26 heavy (non-hydrogen) atoms. The molecule has 0 aromatic carbocycles. The number of aryl methyl sites for hydroxylation is 1. The fraction of sp³-hybridized carbons (Fsp3) is 0.579. The number of fused-ring (bicyclic) bond motifs is 1. The average molecular weight is 356 g/mol. The quantitative estimate of drug-likeness (QED) is 0.796. The maximum absolute atomic E-state index is 12.5. The van der Waals surface area contributed by atoms with Gasteiger partial charge < -0.3 is 15.2 Å². The second-order valence-electron chi connectivity index (χ2n) is 7.22. The summed E-state index contributed by atoms with van der Waals surface area (Å²) in [6, 6.07) is 0. The van der Waals surface area contributed by atoms with Gasteiger partial charge in [0.2, 0.25) is 5.91 Å². The number of H-pyrrole nitrogens is 1. The van der Waals surface area contributed by atoms with E-state index in [-0.39, 0.29) is 11.4 Å². The van der Waals surface area contributed by atoms with Crippen molar-refractivity contribution in [1.29, 1.82) is 0 Å². The molecule has 0 atom stereocenters. The van der Waals surface area contributed by atoms with Crippen molar-refractivity contribution in [2.45, 2.75) is 57.9 Å². The lowest BCUT2D eigenvalue weighted by Gasteiger charge is -2.42. The van der Waals surface area contributed by atoms with Crippen molar-refractivity contribution < 1.29 is 4.79 Å². The molecular weight excluding hydrogens is 328 g/mol. The number of imidazole rings is 1. The minimum absolute atomic E-state index is 0.0952. The molecule has 1 aliphatic rings. The number of piperidine rings is 1. The van der Waals surface area contributed by atoms with E-state index in [1.807, 2.05) is 11.8 Å². The SMILES string of the molecule is C=C(C)NC1(CC)CCN(C(=O)CCCc2nc3ncncc3[nH]2)CC1. The molecule has 0 aliphatic carbocycles. The highest BCUT2D eigenvalue weighted by molar-refractivity contribution is 5.76. The van der Waals surface area contributed by atoms with E-state index in [4.69, 9.17) is 0 Å². The van der Waals surface area contributed by atoms with Gasteiger partial charge >= 0.3 is 0 Å². The lowest BCUT2D eigenvalue weighted by Crippen LogP contribution is -2.53. The predicted molar refractivity (Wildman–Crippen MR) is 101 cm³/mol. The molecule has 1 fully saturated rings. The monoisotopic (exact) mass is 356 g/mol. The van der Waals surface area contributed by atoms with Crippen LogP contribution < -0.4 is 5.32 Å². The summed E-state index contributed by atoms with van der Waals surface area (Å²) in [5.41, 5.74) is 2.61. The molecule has 3 rings (SSSR count). The van der Waals surface area contributed by atoms with E-state index >= 15 is 0 Å². The maximum atomic E-state index is 12.5. The van der Waals surface area contributed by atoms with Gasteiger partial charge in [0.05, 0.1) is 6.20 Å². The average Bonchev–Trinajstić information content (AvgIpc) is 3.04. The first-order valence-corrected chi connectivity index (χ1v) is 9.37. The molecule has 2 N–H and O–H groups in total. The van der Waals surface area contributed by atoms with Crippen LogP contribution in [0.3, 0.4) is 0 Å². The summed E-state index contributed by atoms with van der Waals surface area (Å²) in [6.45, 7) is 9.80. The first-order chi connectivity index (χ1) is 12.5. The summed E-state index contributed by atoms with van der Waals surface area (Å²) in [5, 5.41) is 3.53. The van der Waals surface area contributed by atoms with Crippen molar-refractivity contribution in [3.63, 3.8) is 0 Å². The van der Waals surface area contributed by atoms with E-state index in [1.165, 1.54) is 6.33 Å². The lowest BCUT2D eigenvalue weighted by molar-refractivity contribution is -0.133. The topological polar surface area (TPSA) is 86.8 Å². The Kier molecular flexibility index (Phi) is 5.54. The van der Waals surface area contributed by atoms with Crippen LogP contribution in [0.5, 0.6) is 0 Å². The zero-order valence-corrected chi connectivity index (χ0v) is 15.7. The highest BCUT2D eigenvalue weighted by atomic mass is 16.2. The number of nitrogens with one attached hydrogen (secondary N) is 2. The van der Waals surface area contributed by atoms with E-state index in [2.05, 4.69) is 38.8 Å². The van der Waals surface area contributed by atoms with E-state index in [0.717, 1.165) is 62.2 Å². The maximum Gasteiger partial charge on any atom is 0.222 e. The van der Waals surface area contributed by atoms with Crippen molar-refractivity contribution in [2.75, 3.05) is 13.1 Å². The van der Waals surface area contributed by atoms with Crippen molar-refractivity contribution >= 4 is 17.1 Å². The molecule has 7 heteroatoms. The number of nitrogens with zero attached hydrogens (tertiary/aromatic N) is 4. The fourth-order valence-electron chi connectivity index (χ4n) is 3.70. The van der Waals surface area contributed by atoms with Gasteiger partial charge in [-0.1, -0.05) is 13.5 Å². The van der Waals surface area contributed by atoms with Crippen molar-refractivity contribution in [3.8, 4) is 0 Å². The molecule has 7 nitrogen and oxygen atoms in total. The van der Waals surface area contributed by atoms with Crippen LogP contribution in [0.1, 0.15) is 51.8 Å². The van der Waals surface area contributed by atoms with Gasteiger partial charge in [0.1, 0.15) is 17.7 Å². The zero-order chi connectivity index (χ0) is 18.6. The second kappa shape index (κ2) is 7.85. The third kappa shape index (κ3) is 4.20. The second-order valence-corrected chi connectivity index (χ2v) is 7.22. The Morgan fingerprint density at radius 1 is 1.42 bits per heavy atom. The minimum Gasteiger partial charge on any atom is -0.383 e. The van der Waals surface area contributed by atoms with Crippen LogP contribution in [-0.2, 0) is 11.2 Å². The number of aromatic nitrogens is 4. The highest BCUT2D eigenvalue weighted by Crippen LogP contribution is 2.27. The molecule has 1 amide bonds. The van der Waals surface area contributed by atoms with Crippen LogP contribution in [0.2, 0.25) is 0 Å². The van der Waals surface area contributed by atoms with Gasteiger partial charge in [0, 0.05) is 37.2 Å². The number of carbonyl (C=O) groups is 1. The summed E-state index contributed by atoms with van der Waals surface area (Å²) in [7, 11) is 0. The van der Waals surface area contributed by atoms with Gasteiger partial charge in [-0.3, -0.25) is 4.79 Å². The summed E-state index contributed by atoms with van der Waals surface area (Å²) in [4.78, 5) is 30.3. The van der Waals surface area contributed by atoms with E-state index in [9.17, 15) is 4.79 Å². The summed E-state index contributed by atoms with van der Waals surface area (Å²) in [5.74, 6) is 1.10. The normalized spacial score (nSPS) is 16.6. The molecule has 140 valence electrons. The standard InChI is InChI=1S/C19H28N6O/c1-4-19(24-14(2)3)8-10-25(11-9-19)17(26)7-5-6-16-22-15-12-20-13-21-18(15)23-16/h12-13,24H,2,4-11H2,1,3H3,(H,20,21,22,23). The van der Waals surface area contributed by atoms with Crippen LogP contribution in [-0.4, -0.2) is 49.4 Å². The number of carbonyl (C=O) groups excluding carboxylic acids is 1. The first kappa shape index (κ1) is 18.4. The third-order valence-electron chi connectivity index (χ3n) is 5.24. The van der Waals surface area contributed by atoms with E-state index < -0.39 is 0 Å². The first-order valence-electron chi connectivity index (χ1n) is 9.37. The molecule has 0 bridgehead atoms. The Labute approximate surface area is 154 Å². The Morgan fingerprint density at radius 2 is 2.19 bits per heavy atom. The van der Waals surface area contributed by atoms with Gasteiger partial charge in [-0.05, 0) is 32.6 Å². The number of rotatable bonds is 7. The number of allylic oxidation sites excluding steroid dienone is 1. The Morgan fingerprint density at radius 3 is 2.85 bits per heavy atom. The van der Waals surface area contributed by atoms with Crippen LogP contribution in [0, 0.1) is 0 Å². The molecular formula is C19H28N6O. The van der Waals surface area contributed by atoms with Gasteiger partial charge in [-0.25, -0.2) is 15.0 Å². The molecule has 3 heterocycles. The third-order valence-corrected chi connectivity index (χ3v) is 5.24. The van der Waals surface area contributed by atoms with Crippen LogP contribution in [0.4, 0.5) is 0 Å². The van der Waals surface area contributed by atoms with E-state index in [0.29, 0.717) is 12.1 Å². The van der Waals surface area contributed by atoms with Crippen molar-refractivity contribution in [3.05, 3.63) is 30.6 Å². The Bertz CT molecular complexity index is 742. The Balaban J connectivity index is 1.46. The number of aromatic amines is 1. The van der Waals surface area contributed by atoms with Crippen LogP contribution in [0.25, 0.3) is 11.2 Å². The zero-order valence-electron chi connectivity index (χ0n) is 15.7. The molecule has 1 aliphatic heterocycles. The van der Waals surface area contributed by atoms with Gasteiger partial charge in [-0.2, -0.15) is 0 Å². The fourth-order valence-corrected chi connectivity index (χ4v) is 3.70. The van der Waals surface area contributed by atoms with Crippen molar-refractivity contribution in [2.24, 2.45) is 0 Å².